The van der Waals surface area contributed by atoms with Crippen molar-refractivity contribution in [2.75, 3.05) is 0 Å². The van der Waals surface area contributed by atoms with E-state index in [1.54, 1.807) is 13.0 Å². The van der Waals surface area contributed by atoms with Crippen molar-refractivity contribution in [2.45, 2.75) is 32.4 Å². The Balaban J connectivity index is 3.08. The monoisotopic (exact) mass is 230 g/mol. The number of ketones is 1. The molecule has 0 spiro atoms. The van der Waals surface area contributed by atoms with E-state index >= 15 is 0 Å². The molecule has 1 aromatic rings. The van der Waals surface area contributed by atoms with Gasteiger partial charge in [-0.15, -0.1) is 0 Å². The Kier molecular flexibility index (Phi) is 3.73. The lowest BCUT2D eigenvalue weighted by molar-refractivity contribution is -0.138. The predicted molar refractivity (Wildman–Crippen MR) is 55.2 cm³/mol. The molecule has 88 valence electrons. The quantitative estimate of drug-likeness (QED) is 0.772. The van der Waals surface area contributed by atoms with Crippen molar-refractivity contribution in [1.82, 2.24) is 0 Å². The minimum absolute atomic E-state index is 0.107. The van der Waals surface area contributed by atoms with E-state index in [9.17, 15) is 18.0 Å². The summed E-state index contributed by atoms with van der Waals surface area (Å²) in [6.45, 7) is 3.01. The second-order valence-corrected chi connectivity index (χ2v) is 3.89. The number of hydrogen-bond acceptors (Lipinski definition) is 1. The van der Waals surface area contributed by atoms with Crippen molar-refractivity contribution in [1.29, 1.82) is 0 Å². The van der Waals surface area contributed by atoms with E-state index in [1.807, 2.05) is 0 Å². The first kappa shape index (κ1) is 12.7. The highest BCUT2D eigenvalue weighted by Crippen LogP contribution is 2.35. The Bertz CT molecular complexity index is 382. The van der Waals surface area contributed by atoms with Crippen LogP contribution in [0.25, 0.3) is 0 Å². The van der Waals surface area contributed by atoms with Gasteiger partial charge >= 0.3 is 6.18 Å². The van der Waals surface area contributed by atoms with Crippen LogP contribution in [-0.4, -0.2) is 5.78 Å². The molecule has 0 N–H and O–H groups in total. The number of carbonyl (C=O) groups excluding carboxylic acids is 1. The van der Waals surface area contributed by atoms with Gasteiger partial charge in [-0.1, -0.05) is 25.1 Å². The summed E-state index contributed by atoms with van der Waals surface area (Å²) in [5, 5.41) is 0. The van der Waals surface area contributed by atoms with Gasteiger partial charge in [0.2, 0.25) is 0 Å². The zero-order valence-corrected chi connectivity index (χ0v) is 9.14. The largest absolute Gasteiger partial charge is 0.416 e. The number of rotatable bonds is 3. The van der Waals surface area contributed by atoms with E-state index < -0.39 is 17.7 Å². The smallest absolute Gasteiger partial charge is 0.300 e. The molecule has 0 saturated heterocycles. The number of benzene rings is 1. The van der Waals surface area contributed by atoms with Gasteiger partial charge in [0, 0.05) is 6.42 Å². The summed E-state index contributed by atoms with van der Waals surface area (Å²) < 4.78 is 38.0. The molecule has 0 radical (unpaired) electrons. The Morgan fingerprint density at radius 1 is 1.31 bits per heavy atom. The SMILES string of the molecule is CC(=O)CC(C)c1ccccc1C(F)(F)F. The zero-order chi connectivity index (χ0) is 12.3. The van der Waals surface area contributed by atoms with Crippen molar-refractivity contribution in [2.24, 2.45) is 0 Å². The van der Waals surface area contributed by atoms with Crippen LogP contribution in [0.4, 0.5) is 13.2 Å². The number of carbonyl (C=O) groups is 1. The van der Waals surface area contributed by atoms with Crippen LogP contribution in [0.3, 0.4) is 0 Å². The molecule has 0 bridgehead atoms. The standard InChI is InChI=1S/C12H13F3O/c1-8(7-9(2)16)10-5-3-4-6-11(10)12(13,14)15/h3-6,8H,7H2,1-2H3. The van der Waals surface area contributed by atoms with E-state index in [4.69, 9.17) is 0 Å². The van der Waals surface area contributed by atoms with Crippen LogP contribution in [0.15, 0.2) is 24.3 Å². The average molecular weight is 230 g/mol. The van der Waals surface area contributed by atoms with Crippen LogP contribution >= 0.6 is 0 Å². The fourth-order valence-corrected chi connectivity index (χ4v) is 1.73. The molecule has 4 heteroatoms. The molecule has 0 heterocycles. The molecule has 1 atom stereocenters. The lowest BCUT2D eigenvalue weighted by Crippen LogP contribution is -2.12. The number of Topliss-reactive ketones (excluding diaryl/α,β-unsaturated/α-hetero) is 1. The molecule has 0 aliphatic carbocycles. The second kappa shape index (κ2) is 4.68. The third-order valence-corrected chi connectivity index (χ3v) is 2.39. The van der Waals surface area contributed by atoms with Crippen LogP contribution < -0.4 is 0 Å². The predicted octanol–water partition coefficient (Wildman–Crippen LogP) is 3.79. The molecule has 16 heavy (non-hydrogen) atoms. The van der Waals surface area contributed by atoms with E-state index in [0.717, 1.165) is 6.07 Å². The minimum Gasteiger partial charge on any atom is -0.300 e. The summed E-state index contributed by atoms with van der Waals surface area (Å²) in [5.74, 6) is -0.514. The number of halogens is 3. The number of hydrogen-bond donors (Lipinski definition) is 0. The van der Waals surface area contributed by atoms with Crippen LogP contribution in [0, 0.1) is 0 Å². The molecule has 0 aliphatic rings. The van der Waals surface area contributed by atoms with Gasteiger partial charge < -0.3 is 4.79 Å². The maximum atomic E-state index is 12.7. The lowest BCUT2D eigenvalue weighted by atomic mass is 9.91. The Morgan fingerprint density at radius 3 is 2.38 bits per heavy atom. The van der Waals surface area contributed by atoms with E-state index in [0.29, 0.717) is 0 Å². The first-order valence-corrected chi connectivity index (χ1v) is 4.98. The lowest BCUT2D eigenvalue weighted by Gasteiger charge is -2.17. The number of alkyl halides is 3. The third kappa shape index (κ3) is 3.08. The van der Waals surface area contributed by atoms with Gasteiger partial charge in [-0.2, -0.15) is 13.2 Å². The van der Waals surface area contributed by atoms with Gasteiger partial charge in [0.15, 0.2) is 0 Å². The van der Waals surface area contributed by atoms with Crippen LogP contribution in [0.5, 0.6) is 0 Å². The van der Waals surface area contributed by atoms with Crippen LogP contribution in [-0.2, 0) is 11.0 Å². The summed E-state index contributed by atoms with van der Waals surface area (Å²) in [6, 6.07) is 5.39. The van der Waals surface area contributed by atoms with Crippen molar-refractivity contribution >= 4 is 5.78 Å². The first-order chi connectivity index (χ1) is 7.32. The molecular formula is C12H13F3O. The van der Waals surface area contributed by atoms with Gasteiger partial charge in [0.1, 0.15) is 5.78 Å². The van der Waals surface area contributed by atoms with Gasteiger partial charge in [0.05, 0.1) is 5.56 Å². The molecule has 1 rings (SSSR count). The fraction of sp³-hybridized carbons (Fsp3) is 0.417. The van der Waals surface area contributed by atoms with Crippen molar-refractivity contribution in [3.05, 3.63) is 35.4 Å². The maximum Gasteiger partial charge on any atom is 0.416 e. The molecule has 0 fully saturated rings. The summed E-state index contributed by atoms with van der Waals surface area (Å²) >= 11 is 0. The Hall–Kier alpha value is -1.32. The first-order valence-electron chi connectivity index (χ1n) is 4.98. The highest BCUT2D eigenvalue weighted by Gasteiger charge is 2.34. The summed E-state index contributed by atoms with van der Waals surface area (Å²) in [4.78, 5) is 10.9. The topological polar surface area (TPSA) is 17.1 Å². The van der Waals surface area contributed by atoms with E-state index in [2.05, 4.69) is 0 Å². The summed E-state index contributed by atoms with van der Waals surface area (Å²) in [7, 11) is 0. The highest BCUT2D eigenvalue weighted by atomic mass is 19.4. The van der Waals surface area contributed by atoms with Gasteiger partial charge in [-0.25, -0.2) is 0 Å². The van der Waals surface area contributed by atoms with Crippen molar-refractivity contribution in [3.63, 3.8) is 0 Å². The summed E-state index contributed by atoms with van der Waals surface area (Å²) in [6.07, 6.45) is -4.23. The molecule has 0 saturated carbocycles. The molecular weight excluding hydrogens is 217 g/mol. The molecule has 1 unspecified atom stereocenters. The maximum absolute atomic E-state index is 12.7. The molecule has 0 aliphatic heterocycles. The Labute approximate surface area is 92.3 Å². The average Bonchev–Trinajstić information content (AvgIpc) is 2.15. The van der Waals surface area contributed by atoms with Gasteiger partial charge in [-0.3, -0.25) is 0 Å². The highest BCUT2D eigenvalue weighted by molar-refractivity contribution is 5.76. The normalized spacial score (nSPS) is 13.6. The van der Waals surface area contributed by atoms with Crippen LogP contribution in [0.2, 0.25) is 0 Å². The molecule has 1 nitrogen and oxygen atoms in total. The second-order valence-electron chi connectivity index (χ2n) is 3.89. The van der Waals surface area contributed by atoms with Gasteiger partial charge in [0.25, 0.3) is 0 Å². The van der Waals surface area contributed by atoms with E-state index in [-0.39, 0.29) is 17.8 Å². The van der Waals surface area contributed by atoms with Crippen molar-refractivity contribution < 1.29 is 18.0 Å². The van der Waals surface area contributed by atoms with Crippen LogP contribution in [0.1, 0.15) is 37.3 Å². The van der Waals surface area contributed by atoms with Gasteiger partial charge in [-0.05, 0) is 24.5 Å². The Morgan fingerprint density at radius 2 is 1.88 bits per heavy atom. The minimum atomic E-state index is -4.36. The van der Waals surface area contributed by atoms with E-state index in [1.165, 1.54) is 19.1 Å². The molecule has 0 aromatic heterocycles. The summed E-state index contributed by atoms with van der Waals surface area (Å²) in [5.41, 5.74) is -0.464. The fourth-order valence-electron chi connectivity index (χ4n) is 1.73. The zero-order valence-electron chi connectivity index (χ0n) is 9.14. The third-order valence-electron chi connectivity index (χ3n) is 2.39. The molecule has 1 aromatic carbocycles. The molecule has 0 amide bonds. The van der Waals surface area contributed by atoms with Crippen molar-refractivity contribution in [3.8, 4) is 0 Å².